The van der Waals surface area contributed by atoms with Gasteiger partial charge in [0.25, 0.3) is 0 Å². The van der Waals surface area contributed by atoms with Crippen molar-refractivity contribution in [2.45, 2.75) is 51.8 Å². The summed E-state index contributed by atoms with van der Waals surface area (Å²) in [7, 11) is 1.85. The Morgan fingerprint density at radius 2 is 2.29 bits per heavy atom. The summed E-state index contributed by atoms with van der Waals surface area (Å²) in [6.45, 7) is 7.70. The minimum absolute atomic E-state index is 0.232. The van der Waals surface area contributed by atoms with Crippen molar-refractivity contribution in [2.75, 3.05) is 13.1 Å². The second-order valence-electron chi connectivity index (χ2n) is 6.48. The molecule has 0 spiro atoms. The van der Waals surface area contributed by atoms with Gasteiger partial charge in [0.1, 0.15) is 11.9 Å². The van der Waals surface area contributed by atoms with Crippen LogP contribution in [0, 0.1) is 0 Å². The number of likely N-dealkylation sites (tertiary alicyclic amines) is 1. The number of aryl methyl sites for hydroxylation is 1. The van der Waals surface area contributed by atoms with Crippen LogP contribution in [0.4, 0.5) is 4.79 Å². The first kappa shape index (κ1) is 15.8. The van der Waals surface area contributed by atoms with Gasteiger partial charge in [-0.25, -0.2) is 9.78 Å². The molecule has 1 unspecified atom stereocenters. The smallest absolute Gasteiger partial charge is 0.410 e. The van der Waals surface area contributed by atoms with Crippen molar-refractivity contribution >= 4 is 6.09 Å². The monoisotopic (exact) mass is 295 g/mol. The third-order valence-electron chi connectivity index (χ3n) is 3.27. The summed E-state index contributed by atoms with van der Waals surface area (Å²) in [5.74, 6) is 0.770. The Balaban J connectivity index is 1.81. The van der Waals surface area contributed by atoms with E-state index in [1.54, 1.807) is 15.9 Å². The molecule has 0 aromatic carbocycles. The highest BCUT2D eigenvalue weighted by Gasteiger charge is 2.27. The minimum atomic E-state index is -0.449. The van der Waals surface area contributed by atoms with Crippen molar-refractivity contribution in [3.8, 4) is 0 Å². The number of hydrogen-bond acceptors (Lipinski definition) is 5. The molecule has 0 radical (unpaired) electrons. The maximum atomic E-state index is 12.1. The topological polar surface area (TPSA) is 72.3 Å². The van der Waals surface area contributed by atoms with Crippen LogP contribution in [0.15, 0.2) is 6.33 Å². The lowest BCUT2D eigenvalue weighted by Crippen LogP contribution is -2.49. The number of ether oxygens (including phenoxy) is 1. The van der Waals surface area contributed by atoms with E-state index in [2.05, 4.69) is 15.4 Å². The van der Waals surface area contributed by atoms with E-state index in [1.165, 1.54) is 0 Å². The van der Waals surface area contributed by atoms with Crippen LogP contribution in [-0.4, -0.2) is 50.5 Å². The molecule has 2 rings (SSSR count). The van der Waals surface area contributed by atoms with Crippen LogP contribution in [0.5, 0.6) is 0 Å². The lowest BCUT2D eigenvalue weighted by Gasteiger charge is -2.34. The molecule has 1 atom stereocenters. The van der Waals surface area contributed by atoms with Gasteiger partial charge in [0.05, 0.1) is 6.54 Å². The Morgan fingerprint density at radius 1 is 1.52 bits per heavy atom. The molecule has 2 heterocycles. The molecule has 7 heteroatoms. The average molecular weight is 295 g/mol. The maximum Gasteiger partial charge on any atom is 0.410 e. The molecule has 21 heavy (non-hydrogen) atoms. The molecule has 1 aliphatic heterocycles. The van der Waals surface area contributed by atoms with Crippen LogP contribution >= 0.6 is 0 Å². The normalized spacial score (nSPS) is 19.6. The molecular weight excluding hydrogens is 270 g/mol. The largest absolute Gasteiger partial charge is 0.444 e. The highest BCUT2D eigenvalue weighted by Crippen LogP contribution is 2.15. The predicted molar refractivity (Wildman–Crippen MR) is 78.7 cm³/mol. The molecule has 0 bridgehead atoms. The van der Waals surface area contributed by atoms with Gasteiger partial charge in [-0.2, -0.15) is 5.10 Å². The fraction of sp³-hybridized carbons (Fsp3) is 0.786. The molecule has 1 saturated heterocycles. The van der Waals surface area contributed by atoms with Gasteiger partial charge in [0, 0.05) is 26.2 Å². The molecule has 0 aliphatic carbocycles. The quantitative estimate of drug-likeness (QED) is 0.910. The van der Waals surface area contributed by atoms with Crippen LogP contribution in [-0.2, 0) is 18.3 Å². The summed E-state index contributed by atoms with van der Waals surface area (Å²) < 4.78 is 7.11. The zero-order valence-electron chi connectivity index (χ0n) is 13.3. The molecule has 1 fully saturated rings. The number of piperidine rings is 1. The third-order valence-corrected chi connectivity index (χ3v) is 3.27. The molecule has 118 valence electrons. The summed E-state index contributed by atoms with van der Waals surface area (Å²) in [5.41, 5.74) is -0.449. The summed E-state index contributed by atoms with van der Waals surface area (Å²) in [6, 6.07) is 0.259. The van der Waals surface area contributed by atoms with Crippen molar-refractivity contribution in [3.05, 3.63) is 12.2 Å². The van der Waals surface area contributed by atoms with Crippen molar-refractivity contribution in [2.24, 2.45) is 7.05 Å². The lowest BCUT2D eigenvalue weighted by atomic mass is 10.1. The number of amides is 1. The van der Waals surface area contributed by atoms with Gasteiger partial charge in [0.15, 0.2) is 5.82 Å². The van der Waals surface area contributed by atoms with Crippen LogP contribution in [0.2, 0.25) is 0 Å². The summed E-state index contributed by atoms with van der Waals surface area (Å²) in [4.78, 5) is 18.0. The minimum Gasteiger partial charge on any atom is -0.444 e. The second-order valence-corrected chi connectivity index (χ2v) is 6.48. The number of rotatable bonds is 3. The molecule has 1 aromatic rings. The maximum absolute atomic E-state index is 12.1. The fourth-order valence-electron chi connectivity index (χ4n) is 2.34. The van der Waals surface area contributed by atoms with Crippen LogP contribution < -0.4 is 5.32 Å². The van der Waals surface area contributed by atoms with Crippen molar-refractivity contribution < 1.29 is 9.53 Å². The van der Waals surface area contributed by atoms with Crippen LogP contribution in [0.1, 0.15) is 39.4 Å². The van der Waals surface area contributed by atoms with Gasteiger partial charge in [-0.3, -0.25) is 4.68 Å². The number of hydrogen-bond donors (Lipinski definition) is 1. The Kier molecular flexibility index (Phi) is 4.82. The molecular formula is C14H25N5O2. The Bertz CT molecular complexity index is 480. The Morgan fingerprint density at radius 3 is 2.90 bits per heavy atom. The van der Waals surface area contributed by atoms with E-state index in [0.29, 0.717) is 13.1 Å². The second kappa shape index (κ2) is 6.43. The third kappa shape index (κ3) is 5.00. The number of nitrogens with one attached hydrogen (secondary N) is 1. The van der Waals surface area contributed by atoms with E-state index < -0.39 is 5.60 Å². The Labute approximate surface area is 125 Å². The lowest BCUT2D eigenvalue weighted by molar-refractivity contribution is 0.0187. The van der Waals surface area contributed by atoms with E-state index in [1.807, 2.05) is 27.8 Å². The number of aromatic nitrogens is 3. The van der Waals surface area contributed by atoms with Gasteiger partial charge in [-0.05, 0) is 33.6 Å². The van der Waals surface area contributed by atoms with Gasteiger partial charge in [-0.1, -0.05) is 0 Å². The van der Waals surface area contributed by atoms with Crippen molar-refractivity contribution in [3.63, 3.8) is 0 Å². The zero-order chi connectivity index (χ0) is 15.5. The van der Waals surface area contributed by atoms with E-state index in [4.69, 9.17) is 4.74 Å². The Hall–Kier alpha value is -1.63. The summed E-state index contributed by atoms with van der Waals surface area (Å²) in [5, 5.41) is 7.65. The number of nitrogens with zero attached hydrogens (tertiary/aromatic N) is 4. The SMILES string of the molecule is Cn1cnc(CNC2CCCN(C(=O)OC(C)(C)C)C2)n1. The van der Waals surface area contributed by atoms with E-state index in [0.717, 1.165) is 25.2 Å². The van der Waals surface area contributed by atoms with Crippen LogP contribution in [0.3, 0.4) is 0 Å². The van der Waals surface area contributed by atoms with Gasteiger partial charge in [0.2, 0.25) is 0 Å². The standard InChI is InChI=1S/C14H25N5O2/c1-14(2,3)21-13(20)19-7-5-6-11(9-19)15-8-12-16-10-18(4)17-12/h10-11,15H,5-9H2,1-4H3. The fourth-order valence-corrected chi connectivity index (χ4v) is 2.34. The molecule has 0 saturated carbocycles. The number of carbonyl (C=O) groups is 1. The average Bonchev–Trinajstić information content (AvgIpc) is 2.81. The zero-order valence-corrected chi connectivity index (χ0v) is 13.3. The van der Waals surface area contributed by atoms with E-state index in [9.17, 15) is 4.79 Å². The first-order valence-corrected chi connectivity index (χ1v) is 7.39. The molecule has 1 N–H and O–H groups in total. The van der Waals surface area contributed by atoms with Gasteiger partial charge < -0.3 is 15.0 Å². The molecule has 1 amide bonds. The van der Waals surface area contributed by atoms with Crippen LogP contribution in [0.25, 0.3) is 0 Å². The molecule has 1 aliphatic rings. The van der Waals surface area contributed by atoms with E-state index >= 15 is 0 Å². The number of carbonyl (C=O) groups excluding carboxylic acids is 1. The van der Waals surface area contributed by atoms with Crippen molar-refractivity contribution in [1.29, 1.82) is 0 Å². The first-order valence-electron chi connectivity index (χ1n) is 7.39. The van der Waals surface area contributed by atoms with E-state index in [-0.39, 0.29) is 12.1 Å². The first-order chi connectivity index (χ1) is 9.83. The van der Waals surface area contributed by atoms with Crippen molar-refractivity contribution in [1.82, 2.24) is 25.0 Å². The highest BCUT2D eigenvalue weighted by molar-refractivity contribution is 5.68. The van der Waals surface area contributed by atoms with Gasteiger partial charge >= 0.3 is 6.09 Å². The predicted octanol–water partition coefficient (Wildman–Crippen LogP) is 1.30. The molecule has 7 nitrogen and oxygen atoms in total. The highest BCUT2D eigenvalue weighted by atomic mass is 16.6. The summed E-state index contributed by atoms with van der Waals surface area (Å²) in [6.07, 6.45) is 3.48. The summed E-state index contributed by atoms with van der Waals surface area (Å²) >= 11 is 0. The van der Waals surface area contributed by atoms with Gasteiger partial charge in [-0.15, -0.1) is 0 Å². The molecule has 1 aromatic heterocycles.